The van der Waals surface area contributed by atoms with E-state index in [1.807, 2.05) is 25.1 Å². The SMILES string of the molecule is Cc1ccc(OCc2cccc(C#N)c2)c(N)n1. The molecule has 1 aromatic carbocycles. The summed E-state index contributed by atoms with van der Waals surface area (Å²) in [5, 5.41) is 8.80. The Balaban J connectivity index is 2.09. The van der Waals surface area contributed by atoms with Crippen molar-refractivity contribution in [2.45, 2.75) is 13.5 Å². The van der Waals surface area contributed by atoms with Crippen molar-refractivity contribution in [3.05, 3.63) is 53.2 Å². The predicted molar refractivity (Wildman–Crippen MR) is 68.9 cm³/mol. The summed E-state index contributed by atoms with van der Waals surface area (Å²) in [5.74, 6) is 0.939. The van der Waals surface area contributed by atoms with Gasteiger partial charge < -0.3 is 10.5 Å². The number of rotatable bonds is 3. The van der Waals surface area contributed by atoms with Gasteiger partial charge in [-0.05, 0) is 36.8 Å². The third-order valence-corrected chi connectivity index (χ3v) is 2.48. The van der Waals surface area contributed by atoms with Crippen LogP contribution in [0.15, 0.2) is 36.4 Å². The smallest absolute Gasteiger partial charge is 0.166 e. The van der Waals surface area contributed by atoms with Crippen LogP contribution >= 0.6 is 0 Å². The molecule has 2 N–H and O–H groups in total. The first kappa shape index (κ1) is 11.9. The van der Waals surface area contributed by atoms with Gasteiger partial charge in [0.05, 0.1) is 11.6 Å². The molecule has 0 saturated heterocycles. The Hall–Kier alpha value is -2.54. The van der Waals surface area contributed by atoms with Crippen LogP contribution in [0.1, 0.15) is 16.8 Å². The summed E-state index contributed by atoms with van der Waals surface area (Å²) in [6, 6.07) is 13.0. The highest BCUT2D eigenvalue weighted by Crippen LogP contribution is 2.20. The monoisotopic (exact) mass is 239 g/mol. The van der Waals surface area contributed by atoms with Gasteiger partial charge in [-0.25, -0.2) is 4.98 Å². The number of nitriles is 1. The van der Waals surface area contributed by atoms with Gasteiger partial charge in [-0.2, -0.15) is 5.26 Å². The van der Waals surface area contributed by atoms with Crippen LogP contribution in [0.2, 0.25) is 0 Å². The van der Waals surface area contributed by atoms with Crippen molar-refractivity contribution in [1.82, 2.24) is 4.98 Å². The number of aryl methyl sites for hydroxylation is 1. The van der Waals surface area contributed by atoms with Crippen LogP contribution in [-0.4, -0.2) is 4.98 Å². The van der Waals surface area contributed by atoms with Crippen LogP contribution in [0.5, 0.6) is 5.75 Å². The summed E-state index contributed by atoms with van der Waals surface area (Å²) in [6.07, 6.45) is 0. The number of ether oxygens (including phenoxy) is 1. The van der Waals surface area contributed by atoms with Crippen molar-refractivity contribution >= 4 is 5.82 Å². The van der Waals surface area contributed by atoms with Crippen LogP contribution in [0.3, 0.4) is 0 Å². The van der Waals surface area contributed by atoms with E-state index in [-0.39, 0.29) is 0 Å². The first-order valence-electron chi connectivity index (χ1n) is 5.54. The third-order valence-electron chi connectivity index (χ3n) is 2.48. The van der Waals surface area contributed by atoms with Gasteiger partial charge in [0.25, 0.3) is 0 Å². The Kier molecular flexibility index (Phi) is 3.44. The zero-order valence-corrected chi connectivity index (χ0v) is 10.1. The van der Waals surface area contributed by atoms with Crippen LogP contribution in [0.25, 0.3) is 0 Å². The first-order valence-corrected chi connectivity index (χ1v) is 5.54. The second-order valence-corrected chi connectivity index (χ2v) is 3.94. The lowest BCUT2D eigenvalue weighted by molar-refractivity contribution is 0.307. The topological polar surface area (TPSA) is 71.9 Å². The zero-order chi connectivity index (χ0) is 13.0. The number of benzene rings is 1. The highest BCUT2D eigenvalue weighted by molar-refractivity contribution is 5.46. The maximum absolute atomic E-state index is 8.80. The first-order chi connectivity index (χ1) is 8.69. The molecule has 0 aliphatic rings. The zero-order valence-electron chi connectivity index (χ0n) is 10.1. The molecule has 0 spiro atoms. The summed E-state index contributed by atoms with van der Waals surface area (Å²) < 4.78 is 5.58. The normalized spacial score (nSPS) is 9.78. The summed E-state index contributed by atoms with van der Waals surface area (Å²) in [7, 11) is 0. The molecular formula is C14H13N3O. The molecule has 0 atom stereocenters. The van der Waals surface area contributed by atoms with Crippen LogP contribution in [0.4, 0.5) is 5.82 Å². The number of nitrogens with zero attached hydrogens (tertiary/aromatic N) is 2. The van der Waals surface area contributed by atoms with Crippen LogP contribution in [-0.2, 0) is 6.61 Å². The van der Waals surface area contributed by atoms with Gasteiger partial charge >= 0.3 is 0 Å². The van der Waals surface area contributed by atoms with Crippen LogP contribution in [0, 0.1) is 18.3 Å². The molecule has 2 rings (SSSR count). The average Bonchev–Trinajstić information content (AvgIpc) is 2.38. The summed E-state index contributed by atoms with van der Waals surface area (Å²) >= 11 is 0. The Morgan fingerprint density at radius 3 is 2.89 bits per heavy atom. The van der Waals surface area contributed by atoms with Crippen molar-refractivity contribution in [2.24, 2.45) is 0 Å². The fraction of sp³-hybridized carbons (Fsp3) is 0.143. The van der Waals surface area contributed by atoms with Gasteiger partial charge in [0.1, 0.15) is 6.61 Å². The lowest BCUT2D eigenvalue weighted by Gasteiger charge is -2.08. The highest BCUT2D eigenvalue weighted by atomic mass is 16.5. The Morgan fingerprint density at radius 1 is 1.33 bits per heavy atom. The number of aromatic nitrogens is 1. The van der Waals surface area contributed by atoms with Crippen molar-refractivity contribution < 1.29 is 4.74 Å². The maximum Gasteiger partial charge on any atom is 0.166 e. The van der Waals surface area contributed by atoms with Crippen molar-refractivity contribution in [3.8, 4) is 11.8 Å². The van der Waals surface area contributed by atoms with Gasteiger partial charge in [-0.15, -0.1) is 0 Å². The fourth-order valence-electron chi connectivity index (χ4n) is 1.58. The third kappa shape index (κ3) is 2.77. The van der Waals surface area contributed by atoms with E-state index in [9.17, 15) is 0 Å². The minimum Gasteiger partial charge on any atom is -0.485 e. The largest absolute Gasteiger partial charge is 0.485 e. The van der Waals surface area contributed by atoms with Gasteiger partial charge in [0, 0.05) is 5.69 Å². The van der Waals surface area contributed by atoms with E-state index in [1.54, 1.807) is 18.2 Å². The standard InChI is InChI=1S/C14H13N3O/c1-10-5-6-13(14(16)17-10)18-9-12-4-2-3-11(7-12)8-15/h2-7H,9H2,1H3,(H2,16,17). The molecule has 0 aliphatic carbocycles. The van der Waals surface area contributed by atoms with Gasteiger partial charge in [0.2, 0.25) is 0 Å². The average molecular weight is 239 g/mol. The quantitative estimate of drug-likeness (QED) is 0.892. The molecule has 0 amide bonds. The summed E-state index contributed by atoms with van der Waals surface area (Å²) in [5.41, 5.74) is 8.15. The van der Waals surface area contributed by atoms with E-state index in [0.29, 0.717) is 23.7 Å². The number of pyridine rings is 1. The molecule has 0 fully saturated rings. The summed E-state index contributed by atoms with van der Waals surface area (Å²) in [4.78, 5) is 4.12. The second kappa shape index (κ2) is 5.19. The van der Waals surface area contributed by atoms with E-state index in [0.717, 1.165) is 11.3 Å². The molecule has 0 radical (unpaired) electrons. The molecule has 1 aromatic heterocycles. The number of nitrogen functional groups attached to an aromatic ring is 1. The maximum atomic E-state index is 8.80. The van der Waals surface area contributed by atoms with E-state index in [4.69, 9.17) is 15.7 Å². The Labute approximate surface area is 106 Å². The predicted octanol–water partition coefficient (Wildman–Crippen LogP) is 2.42. The number of nitrogens with two attached hydrogens (primary N) is 1. The molecule has 90 valence electrons. The van der Waals surface area contributed by atoms with E-state index in [2.05, 4.69) is 11.1 Å². The molecule has 0 unspecified atom stereocenters. The second-order valence-electron chi connectivity index (χ2n) is 3.94. The van der Waals surface area contributed by atoms with Gasteiger partial charge in [0.15, 0.2) is 11.6 Å². The highest BCUT2D eigenvalue weighted by Gasteiger charge is 2.03. The lowest BCUT2D eigenvalue weighted by atomic mass is 10.1. The van der Waals surface area contributed by atoms with Crippen LogP contribution < -0.4 is 10.5 Å². The van der Waals surface area contributed by atoms with Crippen molar-refractivity contribution in [1.29, 1.82) is 5.26 Å². The van der Waals surface area contributed by atoms with E-state index >= 15 is 0 Å². The number of hydrogen-bond acceptors (Lipinski definition) is 4. The van der Waals surface area contributed by atoms with Gasteiger partial charge in [-0.3, -0.25) is 0 Å². The van der Waals surface area contributed by atoms with E-state index < -0.39 is 0 Å². The van der Waals surface area contributed by atoms with Crippen molar-refractivity contribution in [2.75, 3.05) is 5.73 Å². The number of anilines is 1. The minimum absolute atomic E-state index is 0.366. The Morgan fingerprint density at radius 2 is 2.17 bits per heavy atom. The van der Waals surface area contributed by atoms with Crippen molar-refractivity contribution in [3.63, 3.8) is 0 Å². The molecule has 18 heavy (non-hydrogen) atoms. The molecule has 1 heterocycles. The molecule has 4 nitrogen and oxygen atoms in total. The Bertz CT molecular complexity index is 602. The molecular weight excluding hydrogens is 226 g/mol. The molecule has 2 aromatic rings. The minimum atomic E-state index is 0.366. The van der Waals surface area contributed by atoms with E-state index in [1.165, 1.54) is 0 Å². The molecule has 0 saturated carbocycles. The van der Waals surface area contributed by atoms with Gasteiger partial charge in [-0.1, -0.05) is 12.1 Å². The lowest BCUT2D eigenvalue weighted by Crippen LogP contribution is -2.01. The number of hydrogen-bond donors (Lipinski definition) is 1. The summed E-state index contributed by atoms with van der Waals surface area (Å²) in [6.45, 7) is 2.24. The molecule has 0 aliphatic heterocycles. The molecule has 0 bridgehead atoms. The fourth-order valence-corrected chi connectivity index (χ4v) is 1.58. The molecule has 4 heteroatoms.